The first-order valence-corrected chi connectivity index (χ1v) is 7.96. The minimum Gasteiger partial charge on any atom is -0.310 e. The molecule has 0 saturated heterocycles. The Kier molecular flexibility index (Phi) is 5.13. The van der Waals surface area contributed by atoms with E-state index >= 15 is 0 Å². The van der Waals surface area contributed by atoms with Crippen LogP contribution < -0.4 is 5.32 Å². The Morgan fingerprint density at radius 2 is 2.39 bits per heavy atom. The van der Waals surface area contributed by atoms with Gasteiger partial charge < -0.3 is 5.32 Å². The van der Waals surface area contributed by atoms with Gasteiger partial charge in [0, 0.05) is 19.5 Å². The molecule has 98 valence electrons. The summed E-state index contributed by atoms with van der Waals surface area (Å²) in [6, 6.07) is 2.57. The van der Waals surface area contributed by atoms with Crippen LogP contribution in [0.15, 0.2) is 17.8 Å². The first-order valence-electron chi connectivity index (χ1n) is 6.01. The minimum atomic E-state index is 0.326. The van der Waals surface area contributed by atoms with E-state index in [9.17, 15) is 0 Å². The molecule has 0 bridgehead atoms. The second-order valence-electron chi connectivity index (χ2n) is 4.19. The zero-order chi connectivity index (χ0) is 13.0. The lowest BCUT2D eigenvalue weighted by Crippen LogP contribution is -2.24. The smallest absolute Gasteiger partial charge is 0.138 e. The molecule has 0 radical (unpaired) electrons. The minimum absolute atomic E-state index is 0.326. The molecule has 0 aromatic carbocycles. The van der Waals surface area contributed by atoms with Crippen molar-refractivity contribution in [1.29, 1.82) is 0 Å². The van der Waals surface area contributed by atoms with Gasteiger partial charge in [0.25, 0.3) is 0 Å². The van der Waals surface area contributed by atoms with Crippen LogP contribution in [-0.4, -0.2) is 21.3 Å². The van der Waals surface area contributed by atoms with Crippen LogP contribution in [0.3, 0.4) is 0 Å². The third kappa shape index (κ3) is 3.52. The lowest BCUT2D eigenvalue weighted by Gasteiger charge is -2.16. The van der Waals surface area contributed by atoms with Crippen molar-refractivity contribution in [2.45, 2.75) is 25.8 Å². The molecule has 0 amide bonds. The SMILES string of the molecule is CCCNC(Cc1ncnn1C)c1csc(I)c1. The zero-order valence-electron chi connectivity index (χ0n) is 10.6. The quantitative estimate of drug-likeness (QED) is 0.789. The maximum Gasteiger partial charge on any atom is 0.138 e. The van der Waals surface area contributed by atoms with Crippen LogP contribution in [0.5, 0.6) is 0 Å². The Morgan fingerprint density at radius 3 is 2.94 bits per heavy atom. The van der Waals surface area contributed by atoms with Gasteiger partial charge >= 0.3 is 0 Å². The number of nitrogens with one attached hydrogen (secondary N) is 1. The summed E-state index contributed by atoms with van der Waals surface area (Å²) in [7, 11) is 1.94. The molecule has 2 aromatic heterocycles. The predicted molar refractivity (Wildman–Crippen MR) is 82.8 cm³/mol. The normalized spacial score (nSPS) is 12.8. The maximum absolute atomic E-state index is 4.31. The molecule has 0 aliphatic carbocycles. The van der Waals surface area contributed by atoms with Gasteiger partial charge in [0.1, 0.15) is 12.2 Å². The summed E-state index contributed by atoms with van der Waals surface area (Å²) in [6.07, 6.45) is 3.63. The second kappa shape index (κ2) is 6.63. The fraction of sp³-hybridized carbons (Fsp3) is 0.500. The summed E-state index contributed by atoms with van der Waals surface area (Å²) < 4.78 is 3.17. The number of aryl methyl sites for hydroxylation is 1. The average Bonchev–Trinajstić information content (AvgIpc) is 2.94. The molecule has 0 fully saturated rings. The molecule has 1 atom stereocenters. The van der Waals surface area contributed by atoms with Gasteiger partial charge in [-0.1, -0.05) is 6.92 Å². The van der Waals surface area contributed by atoms with Crippen LogP contribution >= 0.6 is 33.9 Å². The molecule has 2 rings (SSSR count). The van der Waals surface area contributed by atoms with Crippen molar-refractivity contribution in [3.8, 4) is 0 Å². The highest BCUT2D eigenvalue weighted by Gasteiger charge is 2.15. The van der Waals surface area contributed by atoms with Crippen molar-refractivity contribution in [3.63, 3.8) is 0 Å². The van der Waals surface area contributed by atoms with Gasteiger partial charge in [-0.2, -0.15) is 5.10 Å². The van der Waals surface area contributed by atoms with Crippen molar-refractivity contribution in [3.05, 3.63) is 32.0 Å². The maximum atomic E-state index is 4.31. The van der Waals surface area contributed by atoms with E-state index in [1.807, 2.05) is 11.7 Å². The van der Waals surface area contributed by atoms with Crippen LogP contribution in [-0.2, 0) is 13.5 Å². The van der Waals surface area contributed by atoms with Gasteiger partial charge in [0.2, 0.25) is 0 Å². The Morgan fingerprint density at radius 1 is 1.56 bits per heavy atom. The van der Waals surface area contributed by atoms with Gasteiger partial charge in [-0.25, -0.2) is 4.98 Å². The Hall–Kier alpha value is -0.470. The van der Waals surface area contributed by atoms with E-state index in [-0.39, 0.29) is 0 Å². The predicted octanol–water partition coefficient (Wildman–Crippen LogP) is 2.76. The van der Waals surface area contributed by atoms with Crippen LogP contribution in [0.1, 0.15) is 30.8 Å². The molecule has 2 aromatic rings. The Balaban J connectivity index is 2.12. The van der Waals surface area contributed by atoms with Gasteiger partial charge in [-0.3, -0.25) is 4.68 Å². The summed E-state index contributed by atoms with van der Waals surface area (Å²) in [5.74, 6) is 1.02. The first kappa shape index (κ1) is 14.0. The highest BCUT2D eigenvalue weighted by molar-refractivity contribution is 14.1. The second-order valence-corrected chi connectivity index (χ2v) is 7.00. The molecule has 1 N–H and O–H groups in total. The molecule has 0 aliphatic heterocycles. The third-order valence-electron chi connectivity index (χ3n) is 2.82. The largest absolute Gasteiger partial charge is 0.310 e. The van der Waals surface area contributed by atoms with E-state index in [0.717, 1.165) is 25.2 Å². The lowest BCUT2D eigenvalue weighted by molar-refractivity contribution is 0.507. The van der Waals surface area contributed by atoms with Crippen molar-refractivity contribution in [1.82, 2.24) is 20.1 Å². The molecule has 2 heterocycles. The molecule has 0 aliphatic rings. The number of nitrogens with zero attached hydrogens (tertiary/aromatic N) is 3. The van der Waals surface area contributed by atoms with E-state index in [2.05, 4.69) is 56.4 Å². The summed E-state index contributed by atoms with van der Waals surface area (Å²) >= 11 is 4.15. The van der Waals surface area contributed by atoms with Crippen LogP contribution in [0, 0.1) is 2.88 Å². The van der Waals surface area contributed by atoms with Crippen LogP contribution in [0.4, 0.5) is 0 Å². The molecular weight excluding hydrogens is 359 g/mol. The van der Waals surface area contributed by atoms with Crippen molar-refractivity contribution in [2.24, 2.45) is 7.05 Å². The molecule has 18 heavy (non-hydrogen) atoms. The number of aromatic nitrogens is 3. The summed E-state index contributed by atoms with van der Waals surface area (Å²) in [5, 5.41) is 9.94. The Bertz CT molecular complexity index is 494. The highest BCUT2D eigenvalue weighted by Crippen LogP contribution is 2.24. The fourth-order valence-corrected chi connectivity index (χ4v) is 3.25. The number of thiophene rings is 1. The van der Waals surface area contributed by atoms with Gasteiger partial charge in [-0.05, 0) is 52.6 Å². The van der Waals surface area contributed by atoms with Gasteiger partial charge in [-0.15, -0.1) is 11.3 Å². The van der Waals surface area contributed by atoms with Crippen molar-refractivity contribution < 1.29 is 0 Å². The number of rotatable bonds is 6. The molecular formula is C12H17IN4S. The van der Waals surface area contributed by atoms with Gasteiger partial charge in [0.05, 0.1) is 2.88 Å². The summed E-state index contributed by atoms with van der Waals surface area (Å²) in [6.45, 7) is 3.21. The van der Waals surface area contributed by atoms with E-state index in [4.69, 9.17) is 0 Å². The molecule has 0 saturated carbocycles. The van der Waals surface area contributed by atoms with E-state index in [1.165, 1.54) is 8.45 Å². The van der Waals surface area contributed by atoms with E-state index in [1.54, 1.807) is 17.7 Å². The number of halogens is 1. The van der Waals surface area contributed by atoms with Crippen LogP contribution in [0.2, 0.25) is 0 Å². The van der Waals surface area contributed by atoms with E-state index < -0.39 is 0 Å². The van der Waals surface area contributed by atoms with Crippen molar-refractivity contribution in [2.75, 3.05) is 6.54 Å². The Labute approximate surface area is 125 Å². The molecule has 6 heteroatoms. The summed E-state index contributed by atoms with van der Waals surface area (Å²) in [4.78, 5) is 4.31. The number of hydrogen-bond donors (Lipinski definition) is 1. The number of hydrogen-bond acceptors (Lipinski definition) is 4. The first-order chi connectivity index (χ1) is 8.70. The zero-order valence-corrected chi connectivity index (χ0v) is 13.5. The topological polar surface area (TPSA) is 42.7 Å². The van der Waals surface area contributed by atoms with Crippen LogP contribution in [0.25, 0.3) is 0 Å². The average molecular weight is 376 g/mol. The molecule has 0 spiro atoms. The summed E-state index contributed by atoms with van der Waals surface area (Å²) in [5.41, 5.74) is 1.35. The highest BCUT2D eigenvalue weighted by atomic mass is 127. The monoisotopic (exact) mass is 376 g/mol. The molecule has 4 nitrogen and oxygen atoms in total. The van der Waals surface area contributed by atoms with E-state index in [0.29, 0.717) is 6.04 Å². The third-order valence-corrected chi connectivity index (χ3v) is 4.63. The lowest BCUT2D eigenvalue weighted by atomic mass is 10.1. The van der Waals surface area contributed by atoms with Gasteiger partial charge in [0.15, 0.2) is 0 Å². The van der Waals surface area contributed by atoms with Crippen molar-refractivity contribution >= 4 is 33.9 Å². The fourth-order valence-electron chi connectivity index (χ4n) is 1.82. The molecule has 1 unspecified atom stereocenters. The standard InChI is InChI=1S/C12H17IN4S/c1-3-4-14-10(9-5-11(13)18-7-9)6-12-15-8-16-17(12)2/h5,7-8,10,14H,3-4,6H2,1-2H3.